The van der Waals surface area contributed by atoms with Crippen LogP contribution < -0.4 is 4.72 Å². The van der Waals surface area contributed by atoms with Crippen LogP contribution in [0.2, 0.25) is 0 Å². The van der Waals surface area contributed by atoms with Crippen LogP contribution in [0.5, 0.6) is 0 Å². The van der Waals surface area contributed by atoms with E-state index in [0.29, 0.717) is 19.7 Å². The van der Waals surface area contributed by atoms with Crippen LogP contribution in [-0.2, 0) is 0 Å². The highest BCUT2D eigenvalue weighted by atomic mass is 127. The number of nitrogens with one attached hydrogen (secondary N) is 1. The molecule has 1 N–H and O–H groups in total. The molecule has 7 nitrogen and oxygen atoms in total. The van der Waals surface area contributed by atoms with Crippen LogP contribution in [0.15, 0.2) is 29.2 Å². The highest BCUT2D eigenvalue weighted by Gasteiger charge is 2.22. The lowest BCUT2D eigenvalue weighted by Gasteiger charge is -2.13. The molecule has 10 heteroatoms. The number of halogens is 2. The van der Waals surface area contributed by atoms with Gasteiger partial charge in [-0.05, 0) is 94.7 Å². The Hall–Kier alpha value is -1.15. The standard InChI is InChI=1S/C14H11I2N3O4S/c1-7-5-10(16)14(19(22)23)8(2)13(7)17-24-12-4-3-9(15)6-11(12)18(20)21/h3-6,17H,1-2H3. The van der Waals surface area contributed by atoms with Gasteiger partial charge in [0.15, 0.2) is 0 Å². The monoisotopic (exact) mass is 571 g/mol. The lowest BCUT2D eigenvalue weighted by Crippen LogP contribution is -2.02. The molecule has 2 aromatic rings. The largest absolute Gasteiger partial charge is 0.325 e. The third kappa shape index (κ3) is 4.08. The smallest absolute Gasteiger partial charge is 0.287 e. The first-order valence-electron chi connectivity index (χ1n) is 6.53. The van der Waals surface area contributed by atoms with Crippen molar-refractivity contribution in [2.45, 2.75) is 18.7 Å². The van der Waals surface area contributed by atoms with Gasteiger partial charge in [-0.1, -0.05) is 0 Å². The van der Waals surface area contributed by atoms with Crippen molar-refractivity contribution >= 4 is 74.2 Å². The normalized spacial score (nSPS) is 10.5. The van der Waals surface area contributed by atoms with Crippen molar-refractivity contribution in [3.63, 3.8) is 0 Å². The number of anilines is 1. The first kappa shape index (κ1) is 19.2. The van der Waals surface area contributed by atoms with Gasteiger partial charge in [-0.2, -0.15) is 0 Å². The predicted octanol–water partition coefficient (Wildman–Crippen LogP) is 5.45. The molecule has 0 amide bonds. The molecular formula is C14H11I2N3O4S. The predicted molar refractivity (Wildman–Crippen MR) is 111 cm³/mol. The molecule has 0 atom stereocenters. The zero-order chi connectivity index (χ0) is 18.0. The average Bonchev–Trinajstić information content (AvgIpc) is 2.47. The quantitative estimate of drug-likeness (QED) is 0.222. The van der Waals surface area contributed by atoms with E-state index < -0.39 is 9.85 Å². The average molecular weight is 571 g/mol. The van der Waals surface area contributed by atoms with Gasteiger partial charge in [0.2, 0.25) is 0 Å². The molecule has 0 aliphatic rings. The third-order valence-corrected chi connectivity index (χ3v) is 5.62. The van der Waals surface area contributed by atoms with Crippen molar-refractivity contribution in [3.05, 3.63) is 62.8 Å². The Labute approximate surface area is 169 Å². The van der Waals surface area contributed by atoms with E-state index in [2.05, 4.69) is 4.72 Å². The first-order valence-corrected chi connectivity index (χ1v) is 9.50. The minimum Gasteiger partial charge on any atom is -0.325 e. The second kappa shape index (κ2) is 7.82. The van der Waals surface area contributed by atoms with Crippen LogP contribution in [0.3, 0.4) is 0 Å². The summed E-state index contributed by atoms with van der Waals surface area (Å²) in [6.07, 6.45) is 0. The van der Waals surface area contributed by atoms with Crippen LogP contribution in [0.25, 0.3) is 0 Å². The minimum atomic E-state index is -0.442. The van der Waals surface area contributed by atoms with Crippen molar-refractivity contribution in [1.82, 2.24) is 0 Å². The van der Waals surface area contributed by atoms with Gasteiger partial charge in [0.05, 0.1) is 24.7 Å². The summed E-state index contributed by atoms with van der Waals surface area (Å²) >= 11 is 5.02. The van der Waals surface area contributed by atoms with Gasteiger partial charge in [-0.15, -0.1) is 0 Å². The van der Waals surface area contributed by atoms with Gasteiger partial charge in [-0.3, -0.25) is 20.2 Å². The molecule has 2 aromatic carbocycles. The van der Waals surface area contributed by atoms with Crippen LogP contribution in [0.4, 0.5) is 17.1 Å². The number of hydrogen-bond acceptors (Lipinski definition) is 6. The van der Waals surface area contributed by atoms with Gasteiger partial charge in [0, 0.05) is 9.64 Å². The maximum absolute atomic E-state index is 11.2. The Kier molecular flexibility index (Phi) is 6.25. The van der Waals surface area contributed by atoms with E-state index in [1.165, 1.54) is 6.07 Å². The Morgan fingerprint density at radius 3 is 2.33 bits per heavy atom. The highest BCUT2D eigenvalue weighted by molar-refractivity contribution is 14.1. The zero-order valence-corrected chi connectivity index (χ0v) is 17.6. The molecule has 0 aromatic heterocycles. The Morgan fingerprint density at radius 2 is 1.75 bits per heavy atom. The van der Waals surface area contributed by atoms with Gasteiger partial charge in [0.25, 0.3) is 11.4 Å². The summed E-state index contributed by atoms with van der Waals surface area (Å²) in [6, 6.07) is 6.63. The van der Waals surface area contributed by atoms with Crippen LogP contribution in [0, 0.1) is 41.2 Å². The van der Waals surface area contributed by atoms with Gasteiger partial charge < -0.3 is 4.72 Å². The zero-order valence-electron chi connectivity index (χ0n) is 12.5. The van der Waals surface area contributed by atoms with Gasteiger partial charge >= 0.3 is 0 Å². The topological polar surface area (TPSA) is 98.3 Å². The van der Waals surface area contributed by atoms with Crippen molar-refractivity contribution in [2.24, 2.45) is 0 Å². The third-order valence-electron chi connectivity index (χ3n) is 3.26. The summed E-state index contributed by atoms with van der Waals surface area (Å²) in [7, 11) is 0. The summed E-state index contributed by atoms with van der Waals surface area (Å²) in [6.45, 7) is 3.50. The van der Waals surface area contributed by atoms with E-state index in [0.717, 1.165) is 21.1 Å². The molecule has 0 heterocycles. The number of aryl methyl sites for hydroxylation is 1. The molecule has 24 heavy (non-hydrogen) atoms. The summed E-state index contributed by atoms with van der Waals surface area (Å²) in [4.78, 5) is 22.0. The van der Waals surface area contributed by atoms with Crippen LogP contribution in [0.1, 0.15) is 11.1 Å². The van der Waals surface area contributed by atoms with Crippen LogP contribution >= 0.6 is 57.1 Å². The lowest BCUT2D eigenvalue weighted by atomic mass is 10.1. The van der Waals surface area contributed by atoms with Crippen molar-refractivity contribution < 1.29 is 9.85 Å². The number of rotatable bonds is 5. The maximum Gasteiger partial charge on any atom is 0.287 e. The number of nitro groups is 2. The molecule has 0 saturated carbocycles. The fourth-order valence-corrected chi connectivity index (χ4v) is 4.57. The first-order chi connectivity index (χ1) is 11.2. The molecule has 0 radical (unpaired) electrons. The number of nitro benzene ring substituents is 2. The summed E-state index contributed by atoms with van der Waals surface area (Å²) < 4.78 is 4.36. The fraction of sp³-hybridized carbons (Fsp3) is 0.143. The van der Waals surface area contributed by atoms with Crippen molar-refractivity contribution in [2.75, 3.05) is 4.72 Å². The molecule has 0 aliphatic heterocycles. The molecule has 126 valence electrons. The van der Waals surface area contributed by atoms with E-state index in [9.17, 15) is 20.2 Å². The van der Waals surface area contributed by atoms with E-state index in [1.807, 2.05) is 52.1 Å². The van der Waals surface area contributed by atoms with E-state index in [1.54, 1.807) is 25.1 Å². The Morgan fingerprint density at radius 1 is 1.08 bits per heavy atom. The summed E-state index contributed by atoms with van der Waals surface area (Å²) in [5.74, 6) is 0. The maximum atomic E-state index is 11.2. The van der Waals surface area contributed by atoms with E-state index in [-0.39, 0.29) is 11.4 Å². The minimum absolute atomic E-state index is 0.00489. The molecular weight excluding hydrogens is 560 g/mol. The summed E-state index contributed by atoms with van der Waals surface area (Å²) in [5, 5.41) is 22.4. The molecule has 0 aliphatic carbocycles. The lowest BCUT2D eigenvalue weighted by molar-refractivity contribution is -0.387. The van der Waals surface area contributed by atoms with E-state index >= 15 is 0 Å². The van der Waals surface area contributed by atoms with Crippen molar-refractivity contribution in [3.8, 4) is 0 Å². The molecule has 0 unspecified atom stereocenters. The number of nitrogens with zero attached hydrogens (tertiary/aromatic N) is 2. The van der Waals surface area contributed by atoms with Gasteiger partial charge in [-0.25, -0.2) is 0 Å². The Bertz CT molecular complexity index is 845. The SMILES string of the molecule is Cc1cc(I)c([N+](=O)[O-])c(C)c1NSc1ccc(I)cc1[N+](=O)[O-]. The van der Waals surface area contributed by atoms with E-state index in [4.69, 9.17) is 0 Å². The molecule has 2 rings (SSSR count). The summed E-state index contributed by atoms with van der Waals surface area (Å²) in [5.41, 5.74) is 1.98. The second-order valence-corrected chi connectivity index (χ2v) is 8.11. The second-order valence-electron chi connectivity index (χ2n) is 4.85. The number of hydrogen-bond donors (Lipinski definition) is 1. The molecule has 0 saturated heterocycles. The fourth-order valence-electron chi connectivity index (χ4n) is 2.13. The molecule has 0 bridgehead atoms. The van der Waals surface area contributed by atoms with Crippen LogP contribution in [-0.4, -0.2) is 9.85 Å². The molecule has 0 fully saturated rings. The highest BCUT2D eigenvalue weighted by Crippen LogP contribution is 2.37. The Balaban J connectivity index is 2.39. The number of benzene rings is 2. The van der Waals surface area contributed by atoms with Crippen molar-refractivity contribution in [1.29, 1.82) is 0 Å². The van der Waals surface area contributed by atoms with Gasteiger partial charge in [0.1, 0.15) is 4.90 Å². The molecule has 0 spiro atoms.